The van der Waals surface area contributed by atoms with Crippen molar-refractivity contribution in [3.05, 3.63) is 71.7 Å². The number of hydrogen-bond donors (Lipinski definition) is 1. The van der Waals surface area contributed by atoms with Gasteiger partial charge in [-0.15, -0.1) is 0 Å². The summed E-state index contributed by atoms with van der Waals surface area (Å²) in [5.41, 5.74) is 2.03. The average Bonchev–Trinajstić information content (AvgIpc) is 3.76. The van der Waals surface area contributed by atoms with E-state index < -0.39 is 0 Å². The standard InChI is InChI=1S/C32H44N4O4/c1-4-36(5-2)17-20-39-27-13-12-25-21-24(27)23-38-18-8-6-7-9-19-40-30-26-22-32(26,15-14-28(30)37-3)29-11-10-16-33-31(34-25)35-29/h6,8,10,12-16,24,26H,4-5,7,9,11,17-23H2,1-3H3,(H,33,34)/b8-6-. The molecule has 1 saturated carbocycles. The zero-order chi connectivity index (χ0) is 27.8. The predicted octanol–water partition coefficient (Wildman–Crippen LogP) is 5.25. The summed E-state index contributed by atoms with van der Waals surface area (Å²) in [4.78, 5) is 12.1. The maximum Gasteiger partial charge on any atom is 0.226 e. The smallest absolute Gasteiger partial charge is 0.226 e. The van der Waals surface area contributed by atoms with Crippen molar-refractivity contribution < 1.29 is 18.9 Å². The lowest BCUT2D eigenvalue weighted by molar-refractivity contribution is 0.0851. The molecule has 5 rings (SSSR count). The first-order valence-electron chi connectivity index (χ1n) is 14.8. The van der Waals surface area contributed by atoms with E-state index >= 15 is 0 Å². The third kappa shape index (κ3) is 6.61. The van der Waals surface area contributed by atoms with E-state index in [0.717, 1.165) is 80.4 Å². The molecular formula is C32H44N4O4. The first kappa shape index (κ1) is 28.4. The highest BCUT2D eigenvalue weighted by Gasteiger charge is 2.60. The molecule has 1 fully saturated rings. The van der Waals surface area contributed by atoms with Crippen LogP contribution in [0.1, 0.15) is 46.0 Å². The maximum atomic E-state index is 6.32. The quantitative estimate of drug-likeness (QED) is 0.438. The second-order valence-corrected chi connectivity index (χ2v) is 10.8. The second-order valence-electron chi connectivity index (χ2n) is 10.8. The molecule has 0 aromatic heterocycles. The predicted molar refractivity (Wildman–Crippen MR) is 159 cm³/mol. The Bertz CT molecular complexity index is 1160. The van der Waals surface area contributed by atoms with E-state index in [9.17, 15) is 0 Å². The van der Waals surface area contributed by atoms with Crippen LogP contribution in [0.15, 0.2) is 81.7 Å². The Morgan fingerprint density at radius 1 is 1.18 bits per heavy atom. The summed E-state index contributed by atoms with van der Waals surface area (Å²) >= 11 is 0. The highest BCUT2D eigenvalue weighted by molar-refractivity contribution is 6.05. The lowest BCUT2D eigenvalue weighted by Gasteiger charge is -2.27. The minimum Gasteiger partial charge on any atom is -0.496 e. The molecule has 3 atom stereocenters. The van der Waals surface area contributed by atoms with Crippen LogP contribution in [0.3, 0.4) is 0 Å². The van der Waals surface area contributed by atoms with Crippen LogP contribution >= 0.6 is 0 Å². The van der Waals surface area contributed by atoms with Gasteiger partial charge < -0.3 is 29.2 Å². The van der Waals surface area contributed by atoms with E-state index in [-0.39, 0.29) is 17.3 Å². The van der Waals surface area contributed by atoms with Crippen LogP contribution in [0.4, 0.5) is 0 Å². The third-order valence-electron chi connectivity index (χ3n) is 8.34. The Balaban J connectivity index is 1.36. The van der Waals surface area contributed by atoms with E-state index in [0.29, 0.717) is 32.4 Å². The van der Waals surface area contributed by atoms with Crippen molar-refractivity contribution in [3.8, 4) is 0 Å². The van der Waals surface area contributed by atoms with Gasteiger partial charge in [0.05, 0.1) is 26.9 Å². The molecule has 6 bridgehead atoms. The molecule has 0 radical (unpaired) electrons. The molecule has 216 valence electrons. The average molecular weight is 549 g/mol. The molecule has 1 N–H and O–H groups in total. The van der Waals surface area contributed by atoms with Gasteiger partial charge in [-0.3, -0.25) is 0 Å². The molecule has 8 heteroatoms. The zero-order valence-corrected chi connectivity index (χ0v) is 24.2. The fourth-order valence-corrected chi connectivity index (χ4v) is 5.84. The Kier molecular flexibility index (Phi) is 9.60. The van der Waals surface area contributed by atoms with Gasteiger partial charge in [-0.05, 0) is 57.0 Å². The van der Waals surface area contributed by atoms with Crippen LogP contribution in [0, 0.1) is 17.3 Å². The van der Waals surface area contributed by atoms with E-state index in [2.05, 4.69) is 71.6 Å². The summed E-state index contributed by atoms with van der Waals surface area (Å²) in [7, 11) is 1.71. The van der Waals surface area contributed by atoms with Crippen LogP contribution in [-0.4, -0.2) is 69.7 Å². The normalized spacial score (nSPS) is 29.1. The highest BCUT2D eigenvalue weighted by atomic mass is 16.5. The van der Waals surface area contributed by atoms with Gasteiger partial charge >= 0.3 is 0 Å². The monoisotopic (exact) mass is 548 g/mol. The van der Waals surface area contributed by atoms with Gasteiger partial charge in [0.15, 0.2) is 5.76 Å². The molecule has 2 aliphatic heterocycles. The summed E-state index contributed by atoms with van der Waals surface area (Å²) in [5.74, 6) is 3.76. The van der Waals surface area contributed by atoms with Gasteiger partial charge in [-0.1, -0.05) is 38.2 Å². The first-order valence-corrected chi connectivity index (χ1v) is 14.8. The van der Waals surface area contributed by atoms with Crippen LogP contribution in [0.2, 0.25) is 0 Å². The molecule has 0 saturated heterocycles. The lowest BCUT2D eigenvalue weighted by Crippen LogP contribution is -2.30. The zero-order valence-electron chi connectivity index (χ0n) is 24.2. The fraction of sp³-hybridized carbons (Fsp3) is 0.562. The number of rotatable bonds is 7. The SMILES string of the molecule is CCN(CC)CCOC1=CC=C2CC1COC/C=C\CCCOC1=C(OC)C=CC3(CC13)C1=NC(=NC=CC1)N2. The molecule has 3 aliphatic carbocycles. The van der Waals surface area contributed by atoms with Gasteiger partial charge in [-0.25, -0.2) is 9.98 Å². The van der Waals surface area contributed by atoms with Gasteiger partial charge in [0.2, 0.25) is 5.96 Å². The van der Waals surface area contributed by atoms with Gasteiger partial charge in [0.1, 0.15) is 18.1 Å². The number of ether oxygens (including phenoxy) is 4. The van der Waals surface area contributed by atoms with Crippen molar-refractivity contribution in [2.45, 2.75) is 46.0 Å². The summed E-state index contributed by atoms with van der Waals surface area (Å²) < 4.78 is 24.4. The van der Waals surface area contributed by atoms with E-state index in [1.54, 1.807) is 7.11 Å². The van der Waals surface area contributed by atoms with Crippen molar-refractivity contribution in [1.29, 1.82) is 0 Å². The molecule has 3 unspecified atom stereocenters. The summed E-state index contributed by atoms with van der Waals surface area (Å²) in [6.45, 7) is 9.84. The minimum absolute atomic E-state index is 0.131. The number of fused-ring (bicyclic) bond motifs is 3. The van der Waals surface area contributed by atoms with Crippen molar-refractivity contribution in [1.82, 2.24) is 10.2 Å². The molecule has 0 spiro atoms. The van der Waals surface area contributed by atoms with Crippen molar-refractivity contribution in [2.24, 2.45) is 27.2 Å². The number of methoxy groups -OCH3 is 1. The molecule has 0 aromatic rings. The van der Waals surface area contributed by atoms with Crippen molar-refractivity contribution >= 4 is 11.7 Å². The molecule has 5 aliphatic rings. The summed E-state index contributed by atoms with van der Waals surface area (Å²) in [6.07, 6.45) is 21.1. The van der Waals surface area contributed by atoms with Crippen LogP contribution < -0.4 is 5.32 Å². The van der Waals surface area contributed by atoms with Crippen LogP contribution in [-0.2, 0) is 18.9 Å². The van der Waals surface area contributed by atoms with Gasteiger partial charge in [0, 0.05) is 47.8 Å². The Hall–Kier alpha value is -3.10. The molecule has 0 aromatic carbocycles. The fourth-order valence-electron chi connectivity index (χ4n) is 5.84. The summed E-state index contributed by atoms with van der Waals surface area (Å²) in [6, 6.07) is 0. The van der Waals surface area contributed by atoms with E-state index in [1.807, 2.05) is 6.20 Å². The van der Waals surface area contributed by atoms with Crippen molar-refractivity contribution in [2.75, 3.05) is 53.2 Å². The minimum atomic E-state index is -0.138. The first-order chi connectivity index (χ1) is 19.7. The number of nitrogens with one attached hydrogen (secondary N) is 1. The van der Waals surface area contributed by atoms with Gasteiger partial charge in [-0.2, -0.15) is 0 Å². The maximum absolute atomic E-state index is 6.32. The summed E-state index contributed by atoms with van der Waals surface area (Å²) in [5, 5.41) is 3.52. The second kappa shape index (κ2) is 13.5. The Labute approximate surface area is 238 Å². The van der Waals surface area contributed by atoms with Crippen LogP contribution in [0.25, 0.3) is 0 Å². The third-order valence-corrected chi connectivity index (χ3v) is 8.34. The van der Waals surface area contributed by atoms with E-state index in [1.165, 1.54) is 0 Å². The number of likely N-dealkylation sites (N-methyl/N-ethyl adjacent to an activating group) is 1. The van der Waals surface area contributed by atoms with Crippen LogP contribution in [0.5, 0.6) is 0 Å². The lowest BCUT2D eigenvalue weighted by atomic mass is 9.90. The van der Waals surface area contributed by atoms with E-state index in [4.69, 9.17) is 23.9 Å². The number of hydrogen-bond acceptors (Lipinski definition) is 8. The molecule has 40 heavy (non-hydrogen) atoms. The Morgan fingerprint density at radius 3 is 2.92 bits per heavy atom. The number of nitrogens with zero attached hydrogens (tertiary/aromatic N) is 3. The molecule has 2 heterocycles. The number of allylic oxidation sites excluding steroid dienone is 8. The largest absolute Gasteiger partial charge is 0.496 e. The van der Waals surface area contributed by atoms with Crippen molar-refractivity contribution in [3.63, 3.8) is 0 Å². The van der Waals surface area contributed by atoms with Gasteiger partial charge in [0.25, 0.3) is 0 Å². The molecule has 8 nitrogen and oxygen atoms in total. The number of aliphatic imine (C=N–C) groups is 2. The topological polar surface area (TPSA) is 76.9 Å². The molecule has 0 amide bonds. The Morgan fingerprint density at radius 2 is 2.08 bits per heavy atom. The molecular weight excluding hydrogens is 504 g/mol. The number of guanidine groups is 1. The highest BCUT2D eigenvalue weighted by Crippen LogP contribution is 2.62.